The number of benzene rings is 1. The number of esters is 1. The molecule has 1 aromatic rings. The lowest BCUT2D eigenvalue weighted by atomic mass is 9.73. The van der Waals surface area contributed by atoms with Gasteiger partial charge in [-0.3, -0.25) is 0 Å². The largest absolute Gasteiger partial charge is 0.456 e. The van der Waals surface area contributed by atoms with Crippen molar-refractivity contribution in [3.63, 3.8) is 0 Å². The fourth-order valence-electron chi connectivity index (χ4n) is 4.53. The molecule has 0 amide bonds. The molecule has 0 aliphatic heterocycles. The van der Waals surface area contributed by atoms with Crippen LogP contribution in [-0.4, -0.2) is 22.8 Å². The molecule has 0 heterocycles. The number of ether oxygens (including phenoxy) is 1. The molecule has 0 radical (unpaired) electrons. The highest BCUT2D eigenvalue weighted by atomic mass is 16.6. The molecule has 0 unspecified atom stereocenters. The lowest BCUT2D eigenvalue weighted by molar-refractivity contribution is -0.0818. The predicted octanol–water partition coefficient (Wildman–Crippen LogP) is 6.01. The molecule has 3 nitrogen and oxygen atoms in total. The normalized spacial score (nSPS) is 26.4. The summed E-state index contributed by atoms with van der Waals surface area (Å²) < 4.78 is 6.14. The van der Waals surface area contributed by atoms with Crippen molar-refractivity contribution in [3.8, 4) is 0 Å². The first-order valence-electron chi connectivity index (χ1n) is 10.7. The zero-order valence-electron chi connectivity index (χ0n) is 19.3. The van der Waals surface area contributed by atoms with Crippen molar-refractivity contribution in [2.75, 3.05) is 0 Å². The lowest BCUT2D eigenvalue weighted by Gasteiger charge is -2.42. The van der Waals surface area contributed by atoms with E-state index in [2.05, 4.69) is 55.4 Å². The second-order valence-electron chi connectivity index (χ2n) is 11.3. The summed E-state index contributed by atoms with van der Waals surface area (Å²) in [6, 6.07) is 6.12. The highest BCUT2D eigenvalue weighted by Gasteiger charge is 2.42. The van der Waals surface area contributed by atoms with Gasteiger partial charge in [0.25, 0.3) is 0 Å². The predicted molar refractivity (Wildman–Crippen MR) is 116 cm³/mol. The Morgan fingerprint density at radius 3 is 2.00 bits per heavy atom. The van der Waals surface area contributed by atoms with Crippen LogP contribution in [0.5, 0.6) is 0 Å². The van der Waals surface area contributed by atoms with Gasteiger partial charge in [-0.15, -0.1) is 0 Å². The zero-order chi connectivity index (χ0) is 21.5. The molecule has 158 valence electrons. The maximum atomic E-state index is 13.5. The van der Waals surface area contributed by atoms with Crippen LogP contribution in [0.3, 0.4) is 0 Å². The Bertz CT molecular complexity index is 673. The van der Waals surface area contributed by atoms with Gasteiger partial charge in [0, 0.05) is 6.42 Å². The summed E-state index contributed by atoms with van der Waals surface area (Å²) in [6.45, 7) is 19.1. The molecule has 1 aromatic carbocycles. The molecule has 2 rings (SSSR count). The van der Waals surface area contributed by atoms with Crippen LogP contribution in [0, 0.1) is 11.8 Å². The first kappa shape index (κ1) is 22.9. The van der Waals surface area contributed by atoms with E-state index in [1.54, 1.807) is 0 Å². The quantitative estimate of drug-likeness (QED) is 0.645. The van der Waals surface area contributed by atoms with Gasteiger partial charge < -0.3 is 9.84 Å². The highest BCUT2D eigenvalue weighted by Crippen LogP contribution is 2.40. The van der Waals surface area contributed by atoms with E-state index in [-0.39, 0.29) is 22.7 Å². The molecule has 0 spiro atoms. The number of carbonyl (C=O) groups is 1. The first-order chi connectivity index (χ1) is 12.7. The summed E-state index contributed by atoms with van der Waals surface area (Å²) in [5.74, 6) is 0.455. The van der Waals surface area contributed by atoms with Crippen LogP contribution in [0.4, 0.5) is 0 Å². The topological polar surface area (TPSA) is 46.5 Å². The number of aliphatic hydroxyl groups is 1. The minimum atomic E-state index is -0.623. The molecular weight excluding hydrogens is 348 g/mol. The maximum Gasteiger partial charge on any atom is 0.339 e. The van der Waals surface area contributed by atoms with E-state index in [4.69, 9.17) is 4.74 Å². The van der Waals surface area contributed by atoms with E-state index >= 15 is 0 Å². The van der Waals surface area contributed by atoms with E-state index in [0.717, 1.165) is 24.0 Å². The van der Waals surface area contributed by atoms with Crippen molar-refractivity contribution in [1.82, 2.24) is 0 Å². The van der Waals surface area contributed by atoms with Gasteiger partial charge in [0.05, 0.1) is 11.7 Å². The summed E-state index contributed by atoms with van der Waals surface area (Å²) in [6.07, 6.45) is 1.76. The van der Waals surface area contributed by atoms with E-state index in [9.17, 15) is 9.90 Å². The monoisotopic (exact) mass is 388 g/mol. The molecule has 3 heteroatoms. The smallest absolute Gasteiger partial charge is 0.339 e. The number of rotatable bonds is 3. The van der Waals surface area contributed by atoms with E-state index in [1.807, 2.05) is 25.1 Å². The van der Waals surface area contributed by atoms with Crippen molar-refractivity contribution in [1.29, 1.82) is 0 Å². The molecule has 1 aliphatic carbocycles. The van der Waals surface area contributed by atoms with Crippen LogP contribution in [-0.2, 0) is 15.6 Å². The van der Waals surface area contributed by atoms with Crippen LogP contribution in [0.1, 0.15) is 103 Å². The third-order valence-corrected chi connectivity index (χ3v) is 6.22. The van der Waals surface area contributed by atoms with Gasteiger partial charge >= 0.3 is 5.97 Å². The number of hydrogen-bond donors (Lipinski definition) is 1. The second-order valence-corrected chi connectivity index (χ2v) is 11.3. The average Bonchev–Trinajstić information content (AvgIpc) is 2.51. The fourth-order valence-corrected chi connectivity index (χ4v) is 4.53. The molecule has 1 fully saturated rings. The number of hydrogen-bond acceptors (Lipinski definition) is 3. The van der Waals surface area contributed by atoms with E-state index in [1.165, 1.54) is 0 Å². The standard InChI is InChI=1S/C25H40O3/c1-16(2)17-13-14-25(9,15-20(17)26)28-22(27)21-18(23(3,4)5)11-10-12-19(21)24(6,7)8/h10-12,16-17,20,26H,13-15H2,1-9H3/t17-,20+,25+/m0/s1. The number of carbonyl (C=O) groups excluding carboxylic acids is 1. The Morgan fingerprint density at radius 1 is 1.11 bits per heavy atom. The third kappa shape index (κ3) is 4.97. The van der Waals surface area contributed by atoms with Crippen molar-refractivity contribution < 1.29 is 14.6 Å². The minimum absolute atomic E-state index is 0.161. The van der Waals surface area contributed by atoms with Gasteiger partial charge in [0.1, 0.15) is 5.60 Å². The molecule has 0 saturated heterocycles. The van der Waals surface area contributed by atoms with Crippen molar-refractivity contribution >= 4 is 5.97 Å². The summed E-state index contributed by atoms with van der Waals surface area (Å²) in [5, 5.41) is 10.6. The molecule has 0 bridgehead atoms. The van der Waals surface area contributed by atoms with E-state index < -0.39 is 11.7 Å². The van der Waals surface area contributed by atoms with Gasteiger partial charge in [-0.2, -0.15) is 0 Å². The summed E-state index contributed by atoms with van der Waals surface area (Å²) in [7, 11) is 0. The van der Waals surface area contributed by atoms with Crippen LogP contribution in [0.15, 0.2) is 18.2 Å². The van der Waals surface area contributed by atoms with Crippen LogP contribution < -0.4 is 0 Å². The summed E-state index contributed by atoms with van der Waals surface area (Å²) in [4.78, 5) is 13.5. The number of aliphatic hydroxyl groups excluding tert-OH is 1. The van der Waals surface area contributed by atoms with Gasteiger partial charge in [-0.05, 0) is 53.6 Å². The van der Waals surface area contributed by atoms with Gasteiger partial charge in [0.15, 0.2) is 0 Å². The van der Waals surface area contributed by atoms with Crippen molar-refractivity contribution in [2.45, 2.75) is 104 Å². The molecule has 0 aromatic heterocycles. The SMILES string of the molecule is CC(C)[C@@H]1CC[C@@](C)(OC(=O)c2c(C(C)(C)C)cccc2C(C)(C)C)C[C@H]1O. The Labute approximate surface area is 171 Å². The van der Waals surface area contributed by atoms with Crippen LogP contribution >= 0.6 is 0 Å². The van der Waals surface area contributed by atoms with Gasteiger partial charge in [-0.1, -0.05) is 73.6 Å². The van der Waals surface area contributed by atoms with Gasteiger partial charge in [-0.25, -0.2) is 4.79 Å². The molecule has 1 aliphatic rings. The molecule has 1 N–H and O–H groups in total. The molecular formula is C25H40O3. The molecule has 3 atom stereocenters. The minimum Gasteiger partial charge on any atom is -0.456 e. The van der Waals surface area contributed by atoms with Crippen LogP contribution in [0.25, 0.3) is 0 Å². The van der Waals surface area contributed by atoms with Crippen molar-refractivity contribution in [2.24, 2.45) is 11.8 Å². The summed E-state index contributed by atoms with van der Waals surface area (Å²) >= 11 is 0. The Morgan fingerprint density at radius 2 is 1.61 bits per heavy atom. The third-order valence-electron chi connectivity index (χ3n) is 6.22. The lowest BCUT2D eigenvalue weighted by Crippen LogP contribution is -2.45. The van der Waals surface area contributed by atoms with Crippen molar-refractivity contribution in [3.05, 3.63) is 34.9 Å². The molecule has 28 heavy (non-hydrogen) atoms. The first-order valence-corrected chi connectivity index (χ1v) is 10.7. The Balaban J connectivity index is 2.39. The Hall–Kier alpha value is -1.35. The fraction of sp³-hybridized carbons (Fsp3) is 0.720. The molecule has 1 saturated carbocycles. The maximum absolute atomic E-state index is 13.5. The van der Waals surface area contributed by atoms with Crippen LogP contribution in [0.2, 0.25) is 0 Å². The average molecular weight is 389 g/mol. The highest BCUT2D eigenvalue weighted by molar-refractivity contribution is 5.94. The van der Waals surface area contributed by atoms with Gasteiger partial charge in [0.2, 0.25) is 0 Å². The zero-order valence-corrected chi connectivity index (χ0v) is 19.3. The van der Waals surface area contributed by atoms with E-state index in [0.29, 0.717) is 17.9 Å². The Kier molecular flexibility index (Phi) is 6.40. The second kappa shape index (κ2) is 7.82. The summed E-state index contributed by atoms with van der Waals surface area (Å²) in [5.41, 5.74) is 1.79.